The Bertz CT molecular complexity index is 512. The van der Waals surface area contributed by atoms with E-state index in [1.54, 1.807) is 13.0 Å². The molecular weight excluding hydrogens is 256 g/mol. The van der Waals surface area contributed by atoms with Gasteiger partial charge in [0.05, 0.1) is 13.0 Å². The molecular formula is C12H13F2N3O2. The highest BCUT2D eigenvalue weighted by Crippen LogP contribution is 2.28. The van der Waals surface area contributed by atoms with E-state index in [0.29, 0.717) is 0 Å². The maximum absolute atomic E-state index is 13.1. The molecule has 0 saturated carbocycles. The molecule has 102 valence electrons. The van der Waals surface area contributed by atoms with Gasteiger partial charge in [-0.25, -0.2) is 13.8 Å². The quantitative estimate of drug-likeness (QED) is 0.817. The summed E-state index contributed by atoms with van der Waals surface area (Å²) in [7, 11) is 0. The molecule has 0 atom stereocenters. The number of halogens is 2. The van der Waals surface area contributed by atoms with E-state index in [1.807, 2.05) is 0 Å². The van der Waals surface area contributed by atoms with Crippen molar-refractivity contribution >= 4 is 5.97 Å². The predicted molar refractivity (Wildman–Crippen MR) is 62.1 cm³/mol. The minimum atomic E-state index is -2.84. The molecule has 0 radical (unpaired) electrons. The first-order valence-electron chi connectivity index (χ1n) is 5.59. The lowest BCUT2D eigenvalue weighted by atomic mass is 9.99. The van der Waals surface area contributed by atoms with E-state index >= 15 is 0 Å². The summed E-state index contributed by atoms with van der Waals surface area (Å²) >= 11 is 0. The van der Waals surface area contributed by atoms with E-state index in [1.165, 1.54) is 0 Å². The van der Waals surface area contributed by atoms with Crippen LogP contribution in [0.15, 0.2) is 6.20 Å². The number of aromatic nitrogens is 1. The monoisotopic (exact) mass is 269 g/mol. The van der Waals surface area contributed by atoms with Crippen molar-refractivity contribution in [3.8, 4) is 6.07 Å². The van der Waals surface area contributed by atoms with E-state index < -0.39 is 24.4 Å². The van der Waals surface area contributed by atoms with Gasteiger partial charge in [0.15, 0.2) is 0 Å². The summed E-state index contributed by atoms with van der Waals surface area (Å²) in [5.74, 6) is -0.683. The Balaban J connectivity index is 3.31. The summed E-state index contributed by atoms with van der Waals surface area (Å²) in [4.78, 5) is 15.2. The third-order valence-electron chi connectivity index (χ3n) is 2.48. The highest BCUT2D eigenvalue weighted by molar-refractivity contribution is 5.74. The first-order valence-corrected chi connectivity index (χ1v) is 5.59. The van der Waals surface area contributed by atoms with Gasteiger partial charge in [-0.2, -0.15) is 5.26 Å². The molecule has 0 bridgehead atoms. The molecule has 0 aliphatic carbocycles. The van der Waals surface area contributed by atoms with Crippen molar-refractivity contribution in [3.05, 3.63) is 28.6 Å². The molecule has 0 aliphatic rings. The lowest BCUT2D eigenvalue weighted by molar-refractivity contribution is -0.142. The number of hydrogen-bond acceptors (Lipinski definition) is 5. The predicted octanol–water partition coefficient (Wildman–Crippen LogP) is 1.46. The number of rotatable bonds is 5. The Morgan fingerprint density at radius 2 is 2.32 bits per heavy atom. The minimum absolute atomic E-state index is 0.112. The second-order valence-electron chi connectivity index (χ2n) is 3.62. The first kappa shape index (κ1) is 15.0. The van der Waals surface area contributed by atoms with Crippen LogP contribution in [0.25, 0.3) is 0 Å². The molecule has 0 fully saturated rings. The smallest absolute Gasteiger partial charge is 0.310 e. The lowest BCUT2D eigenvalue weighted by Crippen LogP contribution is -2.15. The lowest BCUT2D eigenvalue weighted by Gasteiger charge is -2.13. The molecule has 0 amide bonds. The van der Waals surface area contributed by atoms with Crippen molar-refractivity contribution in [2.24, 2.45) is 5.73 Å². The molecule has 0 spiro atoms. The van der Waals surface area contributed by atoms with Crippen LogP contribution in [0.4, 0.5) is 8.78 Å². The van der Waals surface area contributed by atoms with E-state index in [2.05, 4.69) is 4.98 Å². The summed E-state index contributed by atoms with van der Waals surface area (Å²) in [6, 6.07) is 1.70. The van der Waals surface area contributed by atoms with Gasteiger partial charge in [0.2, 0.25) is 0 Å². The van der Waals surface area contributed by atoms with E-state index in [-0.39, 0.29) is 30.0 Å². The Labute approximate surface area is 109 Å². The molecule has 1 aromatic rings. The summed E-state index contributed by atoms with van der Waals surface area (Å²) in [6.45, 7) is 1.59. The minimum Gasteiger partial charge on any atom is -0.466 e. The molecule has 0 saturated heterocycles. The van der Waals surface area contributed by atoms with Crippen LogP contribution >= 0.6 is 0 Å². The largest absolute Gasteiger partial charge is 0.466 e. The van der Waals surface area contributed by atoms with Crippen molar-refractivity contribution in [2.45, 2.75) is 26.3 Å². The van der Waals surface area contributed by atoms with Crippen LogP contribution in [-0.2, 0) is 22.5 Å². The second kappa shape index (κ2) is 6.75. The fourth-order valence-corrected chi connectivity index (χ4v) is 1.68. The van der Waals surface area contributed by atoms with Crippen LogP contribution in [0.3, 0.4) is 0 Å². The van der Waals surface area contributed by atoms with Crippen molar-refractivity contribution in [3.63, 3.8) is 0 Å². The van der Waals surface area contributed by atoms with Gasteiger partial charge in [-0.3, -0.25) is 4.79 Å². The van der Waals surface area contributed by atoms with Gasteiger partial charge >= 0.3 is 5.97 Å². The Morgan fingerprint density at radius 3 is 2.79 bits per heavy atom. The maximum Gasteiger partial charge on any atom is 0.310 e. The summed E-state index contributed by atoms with van der Waals surface area (Å²) in [5, 5.41) is 8.89. The third kappa shape index (κ3) is 3.45. The fraction of sp³-hybridized carbons (Fsp3) is 0.417. The van der Waals surface area contributed by atoms with Gasteiger partial charge in [0, 0.05) is 23.9 Å². The number of pyridine rings is 1. The van der Waals surface area contributed by atoms with Gasteiger partial charge in [-0.15, -0.1) is 0 Å². The van der Waals surface area contributed by atoms with Gasteiger partial charge in [-0.05, 0) is 12.5 Å². The van der Waals surface area contributed by atoms with E-state index in [0.717, 1.165) is 6.20 Å². The number of carbonyl (C=O) groups excluding carboxylic acids is 1. The van der Waals surface area contributed by atoms with Crippen molar-refractivity contribution in [2.75, 3.05) is 6.61 Å². The highest BCUT2D eigenvalue weighted by Gasteiger charge is 2.23. The number of nitrogens with two attached hydrogens (primary N) is 1. The number of nitrogens with zero attached hydrogens (tertiary/aromatic N) is 2. The zero-order valence-corrected chi connectivity index (χ0v) is 10.3. The Kier molecular flexibility index (Phi) is 5.33. The third-order valence-corrected chi connectivity index (χ3v) is 2.48. The number of esters is 1. The van der Waals surface area contributed by atoms with Gasteiger partial charge in [-0.1, -0.05) is 0 Å². The Hall–Kier alpha value is -2.07. The fourth-order valence-electron chi connectivity index (χ4n) is 1.68. The molecule has 0 aromatic carbocycles. The zero-order chi connectivity index (χ0) is 14.4. The van der Waals surface area contributed by atoms with Crippen molar-refractivity contribution in [1.29, 1.82) is 5.26 Å². The van der Waals surface area contributed by atoms with Gasteiger partial charge in [0.1, 0.15) is 11.8 Å². The van der Waals surface area contributed by atoms with Crippen LogP contribution < -0.4 is 5.73 Å². The highest BCUT2D eigenvalue weighted by atomic mass is 19.3. The summed E-state index contributed by atoms with van der Waals surface area (Å²) in [6.07, 6.45) is -2.12. The van der Waals surface area contributed by atoms with Crippen molar-refractivity contribution in [1.82, 2.24) is 4.98 Å². The molecule has 0 unspecified atom stereocenters. The topological polar surface area (TPSA) is 89.0 Å². The molecule has 2 N–H and O–H groups in total. The van der Waals surface area contributed by atoms with E-state index in [9.17, 15) is 13.6 Å². The summed E-state index contributed by atoms with van der Waals surface area (Å²) in [5.41, 5.74) is 4.76. The van der Waals surface area contributed by atoms with Crippen molar-refractivity contribution < 1.29 is 18.3 Å². The van der Waals surface area contributed by atoms with Gasteiger partial charge in [0.25, 0.3) is 6.43 Å². The molecule has 19 heavy (non-hydrogen) atoms. The number of alkyl halides is 2. The SMILES string of the molecule is CCOC(=O)Cc1c(C#N)ncc(CN)c1C(F)F. The first-order chi connectivity index (χ1) is 9.04. The average Bonchev–Trinajstić information content (AvgIpc) is 2.37. The normalized spacial score (nSPS) is 10.3. The number of nitriles is 1. The standard InChI is InChI=1S/C12H13F2N3O2/c1-2-19-10(18)3-8-9(5-16)17-6-7(4-15)11(8)12(13)14/h6,12H,2-4,15H2,1H3. The number of hydrogen-bond donors (Lipinski definition) is 1. The average molecular weight is 269 g/mol. The zero-order valence-electron chi connectivity index (χ0n) is 10.3. The van der Waals surface area contributed by atoms with E-state index in [4.69, 9.17) is 15.7 Å². The van der Waals surface area contributed by atoms with Crippen LogP contribution in [0.5, 0.6) is 0 Å². The maximum atomic E-state index is 13.1. The van der Waals surface area contributed by atoms with Crippen LogP contribution in [0, 0.1) is 11.3 Å². The second-order valence-corrected chi connectivity index (χ2v) is 3.62. The molecule has 0 aliphatic heterocycles. The molecule has 1 aromatic heterocycles. The van der Waals surface area contributed by atoms with Crippen LogP contribution in [0.2, 0.25) is 0 Å². The van der Waals surface area contributed by atoms with Crippen LogP contribution in [0.1, 0.15) is 35.7 Å². The van der Waals surface area contributed by atoms with Crippen LogP contribution in [-0.4, -0.2) is 17.6 Å². The number of carbonyl (C=O) groups is 1. The summed E-state index contributed by atoms with van der Waals surface area (Å²) < 4.78 is 30.9. The molecule has 1 heterocycles. The molecule has 5 nitrogen and oxygen atoms in total. The number of ether oxygens (including phenoxy) is 1. The Morgan fingerprint density at radius 1 is 1.63 bits per heavy atom. The van der Waals surface area contributed by atoms with Gasteiger partial charge < -0.3 is 10.5 Å². The molecule has 1 rings (SSSR count). The molecule has 7 heteroatoms.